The highest BCUT2D eigenvalue weighted by molar-refractivity contribution is 6.12. The van der Waals surface area contributed by atoms with Crippen LogP contribution in [-0.2, 0) is 6.42 Å². The highest BCUT2D eigenvalue weighted by Crippen LogP contribution is 2.36. The van der Waals surface area contributed by atoms with Gasteiger partial charge < -0.3 is 5.32 Å². The Bertz CT molecular complexity index is 929. The molecule has 4 rings (SSSR count). The lowest BCUT2D eigenvalue weighted by molar-refractivity contribution is 0.0975. The van der Waals surface area contributed by atoms with Crippen molar-refractivity contribution < 1.29 is 4.79 Å². The topological polar surface area (TPSA) is 32.3 Å². The zero-order valence-electron chi connectivity index (χ0n) is 15.1. The van der Waals surface area contributed by atoms with Crippen molar-refractivity contribution >= 4 is 17.3 Å². The van der Waals surface area contributed by atoms with Crippen molar-refractivity contribution in [3.63, 3.8) is 0 Å². The molecule has 130 valence electrons. The molecular formula is C23H22N2O. The van der Waals surface area contributed by atoms with Crippen molar-refractivity contribution in [3.8, 4) is 0 Å². The first kappa shape index (κ1) is 16.4. The maximum atomic E-state index is 13.3. The monoisotopic (exact) mass is 342 g/mol. The number of fused-ring (bicyclic) bond motifs is 1. The van der Waals surface area contributed by atoms with Gasteiger partial charge in [-0.15, -0.1) is 0 Å². The number of rotatable bonds is 3. The van der Waals surface area contributed by atoms with E-state index < -0.39 is 0 Å². The van der Waals surface area contributed by atoms with Crippen molar-refractivity contribution in [1.29, 1.82) is 0 Å². The molecule has 1 aliphatic rings. The molecule has 0 fully saturated rings. The number of aryl methyl sites for hydroxylation is 2. The van der Waals surface area contributed by atoms with Crippen LogP contribution in [0.25, 0.3) is 0 Å². The molecule has 1 atom stereocenters. The van der Waals surface area contributed by atoms with Gasteiger partial charge in [-0.3, -0.25) is 9.69 Å². The van der Waals surface area contributed by atoms with E-state index >= 15 is 0 Å². The van der Waals surface area contributed by atoms with E-state index in [1.165, 1.54) is 11.1 Å². The van der Waals surface area contributed by atoms with E-state index in [-0.39, 0.29) is 12.1 Å². The Morgan fingerprint density at radius 1 is 0.923 bits per heavy atom. The molecular weight excluding hydrogens is 320 g/mol. The fourth-order valence-electron chi connectivity index (χ4n) is 3.39. The molecule has 1 N–H and O–H groups in total. The molecule has 0 unspecified atom stereocenters. The molecule has 0 spiro atoms. The fourth-order valence-corrected chi connectivity index (χ4v) is 3.39. The quantitative estimate of drug-likeness (QED) is 0.698. The van der Waals surface area contributed by atoms with Crippen LogP contribution in [0.15, 0.2) is 72.8 Å². The Morgan fingerprint density at radius 2 is 1.62 bits per heavy atom. The lowest BCUT2D eigenvalue weighted by Crippen LogP contribution is -2.43. The van der Waals surface area contributed by atoms with E-state index in [0.29, 0.717) is 5.56 Å². The summed E-state index contributed by atoms with van der Waals surface area (Å²) < 4.78 is 0. The van der Waals surface area contributed by atoms with Gasteiger partial charge in [0.25, 0.3) is 5.91 Å². The van der Waals surface area contributed by atoms with Crippen LogP contribution >= 0.6 is 0 Å². The molecule has 0 bridgehead atoms. The summed E-state index contributed by atoms with van der Waals surface area (Å²) in [7, 11) is 0. The largest absolute Gasteiger partial charge is 0.360 e. The van der Waals surface area contributed by atoms with Crippen molar-refractivity contribution in [2.75, 3.05) is 10.2 Å². The molecule has 1 amide bonds. The summed E-state index contributed by atoms with van der Waals surface area (Å²) in [5.41, 5.74) is 6.02. The third-order valence-corrected chi connectivity index (χ3v) is 4.94. The Labute approximate surface area is 154 Å². The van der Waals surface area contributed by atoms with E-state index in [4.69, 9.17) is 0 Å². The maximum Gasteiger partial charge on any atom is 0.262 e. The average molecular weight is 342 g/mol. The van der Waals surface area contributed by atoms with Gasteiger partial charge in [-0.25, -0.2) is 0 Å². The SMILES string of the molecule is CCc1ccc([C@@H]2Nc3ccccc3C(=O)N2c2ccc(C)cc2)cc1. The molecule has 3 aromatic rings. The van der Waals surface area contributed by atoms with Crippen LogP contribution in [0.4, 0.5) is 11.4 Å². The molecule has 26 heavy (non-hydrogen) atoms. The zero-order valence-corrected chi connectivity index (χ0v) is 15.1. The minimum atomic E-state index is -0.231. The number of nitrogens with zero attached hydrogens (tertiary/aromatic N) is 1. The van der Waals surface area contributed by atoms with Gasteiger partial charge in [-0.05, 0) is 48.7 Å². The normalized spacial score (nSPS) is 16.2. The minimum Gasteiger partial charge on any atom is -0.360 e. The van der Waals surface area contributed by atoms with Crippen LogP contribution in [0.3, 0.4) is 0 Å². The van der Waals surface area contributed by atoms with Gasteiger partial charge in [0.2, 0.25) is 0 Å². The maximum absolute atomic E-state index is 13.3. The summed E-state index contributed by atoms with van der Waals surface area (Å²) in [6.45, 7) is 4.20. The Hall–Kier alpha value is -3.07. The molecule has 3 nitrogen and oxygen atoms in total. The molecule has 3 aromatic carbocycles. The van der Waals surface area contributed by atoms with Gasteiger partial charge in [0.1, 0.15) is 6.17 Å². The fraction of sp³-hybridized carbons (Fsp3) is 0.174. The van der Waals surface area contributed by atoms with E-state index in [0.717, 1.165) is 23.4 Å². The van der Waals surface area contributed by atoms with E-state index in [1.54, 1.807) is 0 Å². The summed E-state index contributed by atoms with van der Waals surface area (Å²) in [5, 5.41) is 3.55. The molecule has 1 aliphatic heterocycles. The third kappa shape index (κ3) is 2.86. The van der Waals surface area contributed by atoms with E-state index in [1.807, 2.05) is 53.4 Å². The summed E-state index contributed by atoms with van der Waals surface area (Å²) in [6.07, 6.45) is 0.771. The van der Waals surface area contributed by atoms with Gasteiger partial charge in [-0.2, -0.15) is 0 Å². The first-order chi connectivity index (χ1) is 12.7. The molecule has 0 saturated carbocycles. The summed E-state index contributed by atoms with van der Waals surface area (Å²) in [4.78, 5) is 15.1. The number of benzene rings is 3. The highest BCUT2D eigenvalue weighted by Gasteiger charge is 2.33. The van der Waals surface area contributed by atoms with Gasteiger partial charge >= 0.3 is 0 Å². The van der Waals surface area contributed by atoms with Gasteiger partial charge in [-0.1, -0.05) is 61.0 Å². The highest BCUT2D eigenvalue weighted by atomic mass is 16.2. The summed E-state index contributed by atoms with van der Waals surface area (Å²) >= 11 is 0. The van der Waals surface area contributed by atoms with Gasteiger partial charge in [0, 0.05) is 11.4 Å². The number of para-hydroxylation sites is 1. The van der Waals surface area contributed by atoms with Crippen LogP contribution in [0, 0.1) is 6.92 Å². The number of amides is 1. The number of hydrogen-bond acceptors (Lipinski definition) is 2. The molecule has 1 heterocycles. The van der Waals surface area contributed by atoms with Crippen LogP contribution in [0.2, 0.25) is 0 Å². The van der Waals surface area contributed by atoms with Crippen LogP contribution < -0.4 is 10.2 Å². The number of hydrogen-bond donors (Lipinski definition) is 1. The van der Waals surface area contributed by atoms with Crippen molar-refractivity contribution in [1.82, 2.24) is 0 Å². The van der Waals surface area contributed by atoms with Crippen molar-refractivity contribution in [2.24, 2.45) is 0 Å². The summed E-state index contributed by atoms with van der Waals surface area (Å²) in [5.74, 6) is 0.0211. The lowest BCUT2D eigenvalue weighted by atomic mass is 10.0. The first-order valence-corrected chi connectivity index (χ1v) is 9.02. The van der Waals surface area contributed by atoms with Crippen molar-refractivity contribution in [3.05, 3.63) is 95.1 Å². The van der Waals surface area contributed by atoms with E-state index in [2.05, 4.69) is 43.4 Å². The second kappa shape index (κ2) is 6.68. The molecule has 0 aliphatic carbocycles. The third-order valence-electron chi connectivity index (χ3n) is 4.94. The van der Waals surface area contributed by atoms with Crippen molar-refractivity contribution in [2.45, 2.75) is 26.4 Å². The van der Waals surface area contributed by atoms with Gasteiger partial charge in [0.05, 0.1) is 5.56 Å². The molecule has 3 heteroatoms. The predicted molar refractivity (Wildman–Crippen MR) is 107 cm³/mol. The molecule has 0 saturated heterocycles. The molecule has 0 aromatic heterocycles. The lowest BCUT2D eigenvalue weighted by Gasteiger charge is -2.38. The Morgan fingerprint density at radius 3 is 2.31 bits per heavy atom. The number of nitrogens with one attached hydrogen (secondary N) is 1. The smallest absolute Gasteiger partial charge is 0.262 e. The Kier molecular flexibility index (Phi) is 4.21. The van der Waals surface area contributed by atoms with Crippen LogP contribution in [-0.4, -0.2) is 5.91 Å². The standard InChI is InChI=1S/C23H22N2O/c1-3-17-10-12-18(13-11-17)22-24-21-7-5-4-6-20(21)23(26)25(22)19-14-8-16(2)9-15-19/h4-15,22,24H,3H2,1-2H3/t22-/m1/s1. The van der Waals surface area contributed by atoms with Crippen LogP contribution in [0.5, 0.6) is 0 Å². The number of carbonyl (C=O) groups excluding carboxylic acids is 1. The van der Waals surface area contributed by atoms with E-state index in [9.17, 15) is 4.79 Å². The minimum absolute atomic E-state index is 0.0211. The average Bonchev–Trinajstić information content (AvgIpc) is 2.69. The van der Waals surface area contributed by atoms with Crippen LogP contribution in [0.1, 0.15) is 40.1 Å². The first-order valence-electron chi connectivity index (χ1n) is 9.02. The number of anilines is 2. The molecule has 0 radical (unpaired) electrons. The predicted octanol–water partition coefficient (Wildman–Crippen LogP) is 5.33. The number of carbonyl (C=O) groups is 1. The second-order valence-corrected chi connectivity index (χ2v) is 6.70. The second-order valence-electron chi connectivity index (χ2n) is 6.70. The summed E-state index contributed by atoms with van der Waals surface area (Å²) in [6, 6.07) is 24.3. The Balaban J connectivity index is 1.82. The van der Waals surface area contributed by atoms with Gasteiger partial charge in [0.15, 0.2) is 0 Å². The zero-order chi connectivity index (χ0) is 18.1.